The van der Waals surface area contributed by atoms with Gasteiger partial charge in [-0.2, -0.15) is 0 Å². The Labute approximate surface area is 103 Å². The largest absolute Gasteiger partial charge is 0.478 e. The van der Waals surface area contributed by atoms with Crippen molar-refractivity contribution in [2.24, 2.45) is 0 Å². The zero-order valence-corrected chi connectivity index (χ0v) is 9.71. The molecule has 0 radical (unpaired) electrons. The summed E-state index contributed by atoms with van der Waals surface area (Å²) in [6, 6.07) is 5.45. The molecule has 1 saturated heterocycles. The standard InChI is InChI=1S/C12H12N2O4/c1-14-10(15)6-9(11(14)16)13-8-4-2-7(3-5-8)12(17)18/h2-5,9,13H,6H2,1H3,(H,17,18). The van der Waals surface area contributed by atoms with Gasteiger partial charge < -0.3 is 10.4 Å². The lowest BCUT2D eigenvalue weighted by Gasteiger charge is -2.12. The number of carbonyl (C=O) groups is 3. The normalized spacial score (nSPS) is 19.2. The Morgan fingerprint density at radius 2 is 1.94 bits per heavy atom. The summed E-state index contributed by atoms with van der Waals surface area (Å²) in [6.07, 6.45) is 0.121. The van der Waals surface area contributed by atoms with Crippen molar-refractivity contribution in [3.05, 3.63) is 29.8 Å². The molecule has 1 aliphatic heterocycles. The molecule has 1 aromatic carbocycles. The molecule has 6 nitrogen and oxygen atoms in total. The quantitative estimate of drug-likeness (QED) is 0.763. The zero-order valence-electron chi connectivity index (χ0n) is 9.71. The lowest BCUT2D eigenvalue weighted by molar-refractivity contribution is -0.136. The molecule has 0 spiro atoms. The molecule has 2 amide bonds. The average molecular weight is 248 g/mol. The third kappa shape index (κ3) is 2.17. The summed E-state index contributed by atoms with van der Waals surface area (Å²) in [4.78, 5) is 34.7. The van der Waals surface area contributed by atoms with Crippen molar-refractivity contribution < 1.29 is 19.5 Å². The number of carbonyl (C=O) groups excluding carboxylic acids is 2. The first kappa shape index (κ1) is 12.1. The number of likely N-dealkylation sites (tertiary alicyclic amines) is 1. The van der Waals surface area contributed by atoms with Crippen molar-refractivity contribution in [2.75, 3.05) is 12.4 Å². The Morgan fingerprint density at radius 1 is 1.33 bits per heavy atom. The summed E-state index contributed by atoms with van der Waals surface area (Å²) in [5.74, 6) is -1.50. The summed E-state index contributed by atoms with van der Waals surface area (Å²) in [6.45, 7) is 0. The number of rotatable bonds is 3. The predicted octanol–water partition coefficient (Wildman–Crippen LogP) is 0.554. The van der Waals surface area contributed by atoms with E-state index in [2.05, 4.69) is 5.32 Å². The first-order valence-corrected chi connectivity index (χ1v) is 5.39. The predicted molar refractivity (Wildman–Crippen MR) is 63.2 cm³/mol. The molecule has 6 heteroatoms. The number of nitrogens with one attached hydrogen (secondary N) is 1. The minimum atomic E-state index is -1.01. The lowest BCUT2D eigenvalue weighted by atomic mass is 10.2. The van der Waals surface area contributed by atoms with E-state index in [0.29, 0.717) is 5.69 Å². The van der Waals surface area contributed by atoms with Crippen LogP contribution in [0, 0.1) is 0 Å². The average Bonchev–Trinajstić information content (AvgIpc) is 2.58. The molecule has 0 aromatic heterocycles. The molecule has 18 heavy (non-hydrogen) atoms. The monoisotopic (exact) mass is 248 g/mol. The van der Waals surface area contributed by atoms with Crippen LogP contribution in [0.2, 0.25) is 0 Å². The maximum Gasteiger partial charge on any atom is 0.335 e. The molecule has 0 saturated carbocycles. The zero-order chi connectivity index (χ0) is 13.3. The van der Waals surface area contributed by atoms with Gasteiger partial charge in [0.1, 0.15) is 6.04 Å². The van der Waals surface area contributed by atoms with Gasteiger partial charge in [0.05, 0.1) is 12.0 Å². The number of hydrogen-bond donors (Lipinski definition) is 2. The van der Waals surface area contributed by atoms with E-state index in [9.17, 15) is 14.4 Å². The number of anilines is 1. The van der Waals surface area contributed by atoms with E-state index in [1.54, 1.807) is 12.1 Å². The van der Waals surface area contributed by atoms with E-state index < -0.39 is 12.0 Å². The van der Waals surface area contributed by atoms with Crippen molar-refractivity contribution in [2.45, 2.75) is 12.5 Å². The number of carboxylic acids is 1. The van der Waals surface area contributed by atoms with Crippen LogP contribution in [-0.4, -0.2) is 40.9 Å². The Hall–Kier alpha value is -2.37. The summed E-state index contributed by atoms with van der Waals surface area (Å²) >= 11 is 0. The van der Waals surface area contributed by atoms with Gasteiger partial charge in [-0.3, -0.25) is 14.5 Å². The molecular weight excluding hydrogens is 236 g/mol. The topological polar surface area (TPSA) is 86.7 Å². The maximum atomic E-state index is 11.6. The minimum absolute atomic E-state index is 0.121. The molecule has 0 aliphatic carbocycles. The van der Waals surface area contributed by atoms with E-state index in [1.807, 2.05) is 0 Å². The number of benzene rings is 1. The van der Waals surface area contributed by atoms with Gasteiger partial charge in [0, 0.05) is 12.7 Å². The van der Waals surface area contributed by atoms with E-state index in [0.717, 1.165) is 4.90 Å². The second kappa shape index (κ2) is 4.48. The molecule has 1 aromatic rings. The van der Waals surface area contributed by atoms with Gasteiger partial charge in [-0.25, -0.2) is 4.79 Å². The second-order valence-corrected chi connectivity index (χ2v) is 4.07. The van der Waals surface area contributed by atoms with E-state index in [-0.39, 0.29) is 23.8 Å². The highest BCUT2D eigenvalue weighted by Gasteiger charge is 2.35. The highest BCUT2D eigenvalue weighted by atomic mass is 16.4. The van der Waals surface area contributed by atoms with Crippen LogP contribution in [0.15, 0.2) is 24.3 Å². The summed E-state index contributed by atoms with van der Waals surface area (Å²) in [7, 11) is 1.44. The van der Waals surface area contributed by atoms with Crippen LogP contribution in [0.1, 0.15) is 16.8 Å². The Kier molecular flexibility index (Phi) is 3.01. The Balaban J connectivity index is 2.08. The molecule has 1 heterocycles. The third-order valence-corrected chi connectivity index (χ3v) is 2.85. The Morgan fingerprint density at radius 3 is 2.39 bits per heavy atom. The highest BCUT2D eigenvalue weighted by Crippen LogP contribution is 2.17. The number of nitrogens with zero attached hydrogens (tertiary/aromatic N) is 1. The van der Waals surface area contributed by atoms with Crippen molar-refractivity contribution in [1.82, 2.24) is 4.90 Å². The molecular formula is C12H12N2O4. The van der Waals surface area contributed by atoms with Crippen molar-refractivity contribution in [3.63, 3.8) is 0 Å². The second-order valence-electron chi connectivity index (χ2n) is 4.07. The van der Waals surface area contributed by atoms with Crippen molar-refractivity contribution in [3.8, 4) is 0 Å². The van der Waals surface area contributed by atoms with Gasteiger partial charge in [0.15, 0.2) is 0 Å². The van der Waals surface area contributed by atoms with Crippen LogP contribution in [0.3, 0.4) is 0 Å². The van der Waals surface area contributed by atoms with Crippen LogP contribution in [0.5, 0.6) is 0 Å². The van der Waals surface area contributed by atoms with E-state index in [4.69, 9.17) is 5.11 Å². The summed E-state index contributed by atoms with van der Waals surface area (Å²) < 4.78 is 0. The third-order valence-electron chi connectivity index (χ3n) is 2.85. The summed E-state index contributed by atoms with van der Waals surface area (Å²) in [5.41, 5.74) is 0.785. The number of amides is 2. The van der Waals surface area contributed by atoms with Gasteiger partial charge >= 0.3 is 5.97 Å². The van der Waals surface area contributed by atoms with E-state index >= 15 is 0 Å². The van der Waals surface area contributed by atoms with Gasteiger partial charge in [-0.05, 0) is 24.3 Å². The fraction of sp³-hybridized carbons (Fsp3) is 0.250. The van der Waals surface area contributed by atoms with Crippen molar-refractivity contribution in [1.29, 1.82) is 0 Å². The van der Waals surface area contributed by atoms with Crippen LogP contribution in [0.4, 0.5) is 5.69 Å². The van der Waals surface area contributed by atoms with Gasteiger partial charge in [-0.15, -0.1) is 0 Å². The van der Waals surface area contributed by atoms with Crippen LogP contribution < -0.4 is 5.32 Å². The molecule has 1 unspecified atom stereocenters. The van der Waals surface area contributed by atoms with Crippen LogP contribution >= 0.6 is 0 Å². The van der Waals surface area contributed by atoms with Crippen molar-refractivity contribution >= 4 is 23.5 Å². The smallest absolute Gasteiger partial charge is 0.335 e. The molecule has 1 fully saturated rings. The molecule has 1 aliphatic rings. The lowest BCUT2D eigenvalue weighted by Crippen LogP contribution is -2.31. The van der Waals surface area contributed by atoms with Gasteiger partial charge in [-0.1, -0.05) is 0 Å². The van der Waals surface area contributed by atoms with Gasteiger partial charge in [0.2, 0.25) is 5.91 Å². The molecule has 2 N–H and O–H groups in total. The fourth-order valence-corrected chi connectivity index (χ4v) is 1.78. The van der Waals surface area contributed by atoms with Crippen LogP contribution in [-0.2, 0) is 9.59 Å². The number of imide groups is 1. The first-order valence-electron chi connectivity index (χ1n) is 5.39. The number of carboxylic acid groups (broad SMARTS) is 1. The maximum absolute atomic E-state index is 11.6. The van der Waals surface area contributed by atoms with E-state index in [1.165, 1.54) is 19.2 Å². The van der Waals surface area contributed by atoms with Gasteiger partial charge in [0.25, 0.3) is 5.91 Å². The van der Waals surface area contributed by atoms with Crippen LogP contribution in [0.25, 0.3) is 0 Å². The highest BCUT2D eigenvalue weighted by molar-refractivity contribution is 6.06. The number of aromatic carboxylic acids is 1. The summed E-state index contributed by atoms with van der Waals surface area (Å²) in [5, 5.41) is 11.7. The molecule has 94 valence electrons. The molecule has 2 rings (SSSR count). The number of likely N-dealkylation sites (N-methyl/N-ethyl adjacent to an activating group) is 1. The molecule has 1 atom stereocenters. The Bertz CT molecular complexity index is 509. The fourth-order valence-electron chi connectivity index (χ4n) is 1.78. The molecule has 0 bridgehead atoms. The first-order chi connectivity index (χ1) is 8.49. The minimum Gasteiger partial charge on any atom is -0.478 e. The number of hydrogen-bond acceptors (Lipinski definition) is 4. The SMILES string of the molecule is CN1C(=O)CC(Nc2ccc(C(=O)O)cc2)C1=O.